The van der Waals surface area contributed by atoms with E-state index in [0.717, 1.165) is 25.9 Å². The van der Waals surface area contributed by atoms with E-state index in [1.807, 2.05) is 13.0 Å². The van der Waals surface area contributed by atoms with E-state index in [4.69, 9.17) is 4.74 Å². The molecule has 0 aromatic carbocycles. The maximum absolute atomic E-state index is 12.4. The van der Waals surface area contributed by atoms with Crippen LogP contribution in [-0.4, -0.2) is 30.6 Å². The molecule has 2 aliphatic rings. The number of esters is 1. The molecule has 2 rings (SSSR count). The second-order valence-electron chi connectivity index (χ2n) is 5.12. The molecule has 3 nitrogen and oxygen atoms in total. The maximum atomic E-state index is 12.4. The minimum Gasteiger partial charge on any atom is -0.465 e. The first kappa shape index (κ1) is 13.2. The van der Waals surface area contributed by atoms with Crippen LogP contribution in [0, 0.1) is 5.41 Å². The monoisotopic (exact) mass is 249 g/mol. The molecule has 1 aliphatic heterocycles. The van der Waals surface area contributed by atoms with E-state index in [0.29, 0.717) is 13.0 Å². The van der Waals surface area contributed by atoms with Crippen molar-refractivity contribution < 1.29 is 9.53 Å². The van der Waals surface area contributed by atoms with Gasteiger partial charge in [0.2, 0.25) is 0 Å². The Bertz CT molecular complexity index is 356. The Morgan fingerprint density at radius 1 is 1.56 bits per heavy atom. The zero-order valence-electron chi connectivity index (χ0n) is 11.3. The minimum atomic E-state index is -0.456. The molecular formula is C15H23NO2. The largest absolute Gasteiger partial charge is 0.465 e. The SMILES string of the molecule is C=CCC1(C(=O)OCC)CCC=C1N1CCCC1. The number of ether oxygens (including phenoxy) is 1. The van der Waals surface area contributed by atoms with Gasteiger partial charge in [-0.2, -0.15) is 0 Å². The van der Waals surface area contributed by atoms with Gasteiger partial charge in [0, 0.05) is 18.8 Å². The van der Waals surface area contributed by atoms with Gasteiger partial charge in [0.1, 0.15) is 5.41 Å². The van der Waals surface area contributed by atoms with Crippen LogP contribution in [0.4, 0.5) is 0 Å². The van der Waals surface area contributed by atoms with Crippen LogP contribution in [0.3, 0.4) is 0 Å². The summed E-state index contributed by atoms with van der Waals surface area (Å²) < 4.78 is 5.32. The van der Waals surface area contributed by atoms with E-state index in [1.54, 1.807) is 0 Å². The number of carbonyl (C=O) groups excluding carboxylic acids is 1. The molecule has 100 valence electrons. The molecule has 0 spiro atoms. The number of carbonyl (C=O) groups is 1. The summed E-state index contributed by atoms with van der Waals surface area (Å²) >= 11 is 0. The Kier molecular flexibility index (Phi) is 4.10. The zero-order valence-corrected chi connectivity index (χ0v) is 11.3. The van der Waals surface area contributed by atoms with Gasteiger partial charge in [0.05, 0.1) is 6.61 Å². The van der Waals surface area contributed by atoms with Crippen molar-refractivity contribution in [2.75, 3.05) is 19.7 Å². The third kappa shape index (κ3) is 2.18. The first-order chi connectivity index (χ1) is 8.74. The van der Waals surface area contributed by atoms with Gasteiger partial charge >= 0.3 is 5.97 Å². The molecule has 1 aliphatic carbocycles. The molecule has 0 radical (unpaired) electrons. The maximum Gasteiger partial charge on any atom is 0.318 e. The molecule has 1 unspecified atom stereocenters. The Labute approximate surface area is 109 Å². The lowest BCUT2D eigenvalue weighted by molar-refractivity contribution is -0.153. The van der Waals surface area contributed by atoms with Crippen LogP contribution in [0.5, 0.6) is 0 Å². The number of likely N-dealkylation sites (tertiary alicyclic amines) is 1. The average molecular weight is 249 g/mol. The van der Waals surface area contributed by atoms with Crippen LogP contribution in [0.2, 0.25) is 0 Å². The highest BCUT2D eigenvalue weighted by Gasteiger charge is 2.47. The molecule has 0 bridgehead atoms. The molecular weight excluding hydrogens is 226 g/mol. The second-order valence-corrected chi connectivity index (χ2v) is 5.12. The first-order valence-electron chi connectivity index (χ1n) is 6.98. The van der Waals surface area contributed by atoms with Crippen LogP contribution < -0.4 is 0 Å². The van der Waals surface area contributed by atoms with E-state index < -0.39 is 5.41 Å². The molecule has 3 heteroatoms. The van der Waals surface area contributed by atoms with Crippen LogP contribution in [-0.2, 0) is 9.53 Å². The molecule has 18 heavy (non-hydrogen) atoms. The van der Waals surface area contributed by atoms with Crippen molar-refractivity contribution in [1.29, 1.82) is 0 Å². The van der Waals surface area contributed by atoms with E-state index in [2.05, 4.69) is 17.6 Å². The van der Waals surface area contributed by atoms with Crippen molar-refractivity contribution in [3.05, 3.63) is 24.4 Å². The standard InChI is InChI=1S/C15H23NO2/c1-3-9-15(14(17)18-4-2)10-7-8-13(15)16-11-5-6-12-16/h3,8H,1,4-7,9-12H2,2H3. The van der Waals surface area contributed by atoms with E-state index in [-0.39, 0.29) is 5.97 Å². The average Bonchev–Trinajstić information content (AvgIpc) is 2.98. The Hall–Kier alpha value is -1.25. The van der Waals surface area contributed by atoms with Crippen molar-refractivity contribution in [2.24, 2.45) is 5.41 Å². The molecule has 0 amide bonds. The number of hydrogen-bond donors (Lipinski definition) is 0. The third-order valence-electron chi connectivity index (χ3n) is 4.00. The van der Waals surface area contributed by atoms with Crippen LogP contribution >= 0.6 is 0 Å². The lowest BCUT2D eigenvalue weighted by atomic mass is 9.80. The molecule has 1 heterocycles. The Morgan fingerprint density at radius 2 is 2.28 bits per heavy atom. The van der Waals surface area contributed by atoms with Gasteiger partial charge in [-0.05, 0) is 39.0 Å². The van der Waals surface area contributed by atoms with Gasteiger partial charge in [-0.1, -0.05) is 12.2 Å². The first-order valence-corrected chi connectivity index (χ1v) is 6.98. The summed E-state index contributed by atoms with van der Waals surface area (Å²) in [5.41, 5.74) is 0.737. The number of rotatable bonds is 5. The summed E-state index contributed by atoms with van der Waals surface area (Å²) in [4.78, 5) is 14.8. The molecule has 1 saturated heterocycles. The molecule has 1 fully saturated rings. The minimum absolute atomic E-state index is 0.0689. The van der Waals surface area contributed by atoms with Crippen molar-refractivity contribution in [3.8, 4) is 0 Å². The fourth-order valence-electron chi connectivity index (χ4n) is 3.18. The molecule has 0 aromatic heterocycles. The summed E-state index contributed by atoms with van der Waals surface area (Å²) in [7, 11) is 0. The lowest BCUT2D eigenvalue weighted by Gasteiger charge is -2.34. The summed E-state index contributed by atoms with van der Waals surface area (Å²) in [6, 6.07) is 0. The number of allylic oxidation sites excluding steroid dienone is 2. The summed E-state index contributed by atoms with van der Waals surface area (Å²) in [5.74, 6) is -0.0689. The van der Waals surface area contributed by atoms with Gasteiger partial charge < -0.3 is 9.64 Å². The van der Waals surface area contributed by atoms with Gasteiger partial charge in [-0.15, -0.1) is 6.58 Å². The van der Waals surface area contributed by atoms with Crippen molar-refractivity contribution >= 4 is 5.97 Å². The summed E-state index contributed by atoms with van der Waals surface area (Å²) in [5, 5.41) is 0. The predicted octanol–water partition coefficient (Wildman–Crippen LogP) is 2.89. The van der Waals surface area contributed by atoms with E-state index >= 15 is 0 Å². The predicted molar refractivity (Wildman–Crippen MR) is 72.0 cm³/mol. The van der Waals surface area contributed by atoms with Crippen LogP contribution in [0.15, 0.2) is 24.4 Å². The van der Waals surface area contributed by atoms with Crippen molar-refractivity contribution in [3.63, 3.8) is 0 Å². The third-order valence-corrected chi connectivity index (χ3v) is 4.00. The highest BCUT2D eigenvalue weighted by atomic mass is 16.5. The smallest absolute Gasteiger partial charge is 0.318 e. The summed E-state index contributed by atoms with van der Waals surface area (Å²) in [6.07, 6.45) is 9.06. The van der Waals surface area contributed by atoms with Gasteiger partial charge in [0.25, 0.3) is 0 Å². The Morgan fingerprint density at radius 3 is 2.89 bits per heavy atom. The molecule has 0 saturated carbocycles. The van der Waals surface area contributed by atoms with Crippen LogP contribution in [0.25, 0.3) is 0 Å². The number of hydrogen-bond acceptors (Lipinski definition) is 3. The van der Waals surface area contributed by atoms with Crippen LogP contribution in [0.1, 0.15) is 39.0 Å². The molecule has 0 N–H and O–H groups in total. The quantitative estimate of drug-likeness (QED) is 0.554. The Balaban J connectivity index is 2.24. The van der Waals surface area contributed by atoms with Crippen molar-refractivity contribution in [1.82, 2.24) is 4.90 Å². The fraction of sp³-hybridized carbons (Fsp3) is 0.667. The lowest BCUT2D eigenvalue weighted by Crippen LogP contribution is -2.39. The molecule has 0 aromatic rings. The van der Waals surface area contributed by atoms with Crippen molar-refractivity contribution in [2.45, 2.75) is 39.0 Å². The van der Waals surface area contributed by atoms with E-state index in [1.165, 1.54) is 18.5 Å². The van der Waals surface area contributed by atoms with Gasteiger partial charge in [0.15, 0.2) is 0 Å². The van der Waals surface area contributed by atoms with Gasteiger partial charge in [-0.3, -0.25) is 4.79 Å². The highest BCUT2D eigenvalue weighted by Crippen LogP contribution is 2.46. The second kappa shape index (κ2) is 5.59. The number of nitrogens with zero attached hydrogens (tertiary/aromatic N) is 1. The topological polar surface area (TPSA) is 29.5 Å². The van der Waals surface area contributed by atoms with E-state index in [9.17, 15) is 4.79 Å². The molecule has 1 atom stereocenters. The van der Waals surface area contributed by atoms with Gasteiger partial charge in [-0.25, -0.2) is 0 Å². The summed E-state index contributed by atoms with van der Waals surface area (Å²) in [6.45, 7) is 8.28. The zero-order chi connectivity index (χ0) is 13.0. The fourth-order valence-corrected chi connectivity index (χ4v) is 3.18. The highest BCUT2D eigenvalue weighted by molar-refractivity contribution is 5.81. The normalized spacial score (nSPS) is 27.2.